The van der Waals surface area contributed by atoms with Crippen molar-refractivity contribution in [3.8, 4) is 0 Å². The molecule has 0 saturated carbocycles. The van der Waals surface area contributed by atoms with Crippen molar-refractivity contribution >= 4 is 5.91 Å². The van der Waals surface area contributed by atoms with Gasteiger partial charge in [0, 0.05) is 17.9 Å². The molecule has 1 amide bonds. The first-order valence-electron chi connectivity index (χ1n) is 6.60. The number of rotatable bonds is 0. The van der Waals surface area contributed by atoms with E-state index in [1.165, 1.54) is 30.4 Å². The van der Waals surface area contributed by atoms with E-state index in [0.29, 0.717) is 6.42 Å². The topological polar surface area (TPSA) is 29.1 Å². The van der Waals surface area contributed by atoms with Crippen molar-refractivity contribution in [1.82, 2.24) is 5.32 Å². The van der Waals surface area contributed by atoms with E-state index in [-0.39, 0.29) is 17.4 Å². The van der Waals surface area contributed by atoms with Crippen LogP contribution in [0.2, 0.25) is 0 Å². The van der Waals surface area contributed by atoms with Crippen molar-refractivity contribution in [2.24, 2.45) is 0 Å². The summed E-state index contributed by atoms with van der Waals surface area (Å²) >= 11 is 0. The first kappa shape index (κ1) is 10.8. The van der Waals surface area contributed by atoms with Gasteiger partial charge >= 0.3 is 0 Å². The van der Waals surface area contributed by atoms with Crippen LogP contribution in [0.1, 0.15) is 43.7 Å². The number of benzene rings is 1. The molecular weight excluding hydrogens is 210 g/mol. The van der Waals surface area contributed by atoms with Crippen molar-refractivity contribution in [1.29, 1.82) is 0 Å². The second kappa shape index (κ2) is 3.86. The maximum absolute atomic E-state index is 11.7. The highest BCUT2D eigenvalue weighted by atomic mass is 16.2. The smallest absolute Gasteiger partial charge is 0.221 e. The predicted octanol–water partition coefficient (Wildman–Crippen LogP) is 2.56. The van der Waals surface area contributed by atoms with Crippen molar-refractivity contribution in [3.63, 3.8) is 0 Å². The second-order valence-electron chi connectivity index (χ2n) is 5.49. The van der Waals surface area contributed by atoms with Crippen LogP contribution in [-0.2, 0) is 16.6 Å². The molecule has 3 rings (SSSR count). The molecule has 90 valence electrons. The SMILES string of the molecule is CC1NC(=O)CC12CCCCc1ccccc12. The number of hydrogen-bond donors (Lipinski definition) is 1. The number of aryl methyl sites for hydroxylation is 1. The van der Waals surface area contributed by atoms with E-state index in [4.69, 9.17) is 0 Å². The zero-order valence-corrected chi connectivity index (χ0v) is 10.3. The van der Waals surface area contributed by atoms with Crippen LogP contribution in [0.3, 0.4) is 0 Å². The molecule has 1 aliphatic carbocycles. The third-order valence-corrected chi connectivity index (χ3v) is 4.56. The van der Waals surface area contributed by atoms with Gasteiger partial charge < -0.3 is 5.32 Å². The van der Waals surface area contributed by atoms with Crippen LogP contribution in [0.25, 0.3) is 0 Å². The van der Waals surface area contributed by atoms with Crippen LogP contribution in [-0.4, -0.2) is 11.9 Å². The summed E-state index contributed by atoms with van der Waals surface area (Å²) in [7, 11) is 0. The highest BCUT2D eigenvalue weighted by molar-refractivity contribution is 5.81. The molecule has 1 aromatic rings. The quantitative estimate of drug-likeness (QED) is 0.728. The molecular formula is C15H19NO. The maximum atomic E-state index is 11.7. The molecule has 2 unspecified atom stereocenters. The van der Waals surface area contributed by atoms with Crippen molar-refractivity contribution in [2.45, 2.75) is 50.5 Å². The van der Waals surface area contributed by atoms with Crippen LogP contribution in [0.4, 0.5) is 0 Å². The third kappa shape index (κ3) is 1.58. The highest BCUT2D eigenvalue weighted by Gasteiger charge is 2.46. The lowest BCUT2D eigenvalue weighted by Gasteiger charge is -2.33. The largest absolute Gasteiger partial charge is 0.353 e. The second-order valence-corrected chi connectivity index (χ2v) is 5.49. The van der Waals surface area contributed by atoms with Crippen LogP contribution >= 0.6 is 0 Å². The lowest BCUT2D eigenvalue weighted by atomic mass is 9.71. The van der Waals surface area contributed by atoms with Gasteiger partial charge in [0.2, 0.25) is 5.91 Å². The molecule has 1 N–H and O–H groups in total. The minimum atomic E-state index is 0.0597. The van der Waals surface area contributed by atoms with Crippen LogP contribution in [0.5, 0.6) is 0 Å². The predicted molar refractivity (Wildman–Crippen MR) is 67.9 cm³/mol. The monoisotopic (exact) mass is 229 g/mol. The number of nitrogens with one attached hydrogen (secondary N) is 1. The fraction of sp³-hybridized carbons (Fsp3) is 0.533. The molecule has 0 aromatic heterocycles. The van der Waals surface area contributed by atoms with Gasteiger partial charge in [-0.25, -0.2) is 0 Å². The van der Waals surface area contributed by atoms with Crippen molar-refractivity contribution in [3.05, 3.63) is 35.4 Å². The molecule has 0 radical (unpaired) electrons. The van der Waals surface area contributed by atoms with Gasteiger partial charge in [-0.15, -0.1) is 0 Å². The molecule has 1 fully saturated rings. The zero-order valence-electron chi connectivity index (χ0n) is 10.3. The zero-order chi connectivity index (χ0) is 11.9. The average molecular weight is 229 g/mol. The van der Waals surface area contributed by atoms with Gasteiger partial charge in [-0.05, 0) is 37.3 Å². The lowest BCUT2D eigenvalue weighted by Crippen LogP contribution is -2.38. The minimum absolute atomic E-state index is 0.0597. The Balaban J connectivity index is 2.13. The molecule has 17 heavy (non-hydrogen) atoms. The van der Waals surface area contributed by atoms with Crippen LogP contribution < -0.4 is 5.32 Å². The Bertz CT molecular complexity index is 454. The summed E-state index contributed by atoms with van der Waals surface area (Å²) in [5.74, 6) is 0.217. The summed E-state index contributed by atoms with van der Waals surface area (Å²) < 4.78 is 0. The fourth-order valence-electron chi connectivity index (χ4n) is 3.62. The van der Waals surface area contributed by atoms with Gasteiger partial charge in [-0.3, -0.25) is 4.79 Å². The summed E-state index contributed by atoms with van der Waals surface area (Å²) in [4.78, 5) is 11.7. The minimum Gasteiger partial charge on any atom is -0.353 e. The molecule has 1 aliphatic heterocycles. The molecule has 2 atom stereocenters. The van der Waals surface area contributed by atoms with Gasteiger partial charge in [0.1, 0.15) is 0 Å². The van der Waals surface area contributed by atoms with E-state index in [2.05, 4.69) is 36.5 Å². The third-order valence-electron chi connectivity index (χ3n) is 4.56. The molecule has 1 heterocycles. The highest BCUT2D eigenvalue weighted by Crippen LogP contribution is 2.44. The molecule has 1 saturated heterocycles. The number of amides is 1. The van der Waals surface area contributed by atoms with E-state index in [1.54, 1.807) is 0 Å². The van der Waals surface area contributed by atoms with E-state index in [1.807, 2.05) is 0 Å². The van der Waals surface area contributed by atoms with E-state index >= 15 is 0 Å². The molecule has 2 nitrogen and oxygen atoms in total. The molecule has 2 heteroatoms. The first-order valence-corrected chi connectivity index (χ1v) is 6.60. The van der Waals surface area contributed by atoms with Gasteiger partial charge in [-0.2, -0.15) is 0 Å². The van der Waals surface area contributed by atoms with Gasteiger partial charge in [0.05, 0.1) is 0 Å². The Morgan fingerprint density at radius 1 is 1.29 bits per heavy atom. The summed E-state index contributed by atoms with van der Waals surface area (Å²) in [6.07, 6.45) is 5.46. The Labute approximate surface area is 102 Å². The first-order chi connectivity index (χ1) is 8.22. The van der Waals surface area contributed by atoms with Crippen LogP contribution in [0, 0.1) is 0 Å². The van der Waals surface area contributed by atoms with Gasteiger partial charge in [0.15, 0.2) is 0 Å². The van der Waals surface area contributed by atoms with Crippen molar-refractivity contribution < 1.29 is 4.79 Å². The number of carbonyl (C=O) groups is 1. The van der Waals surface area contributed by atoms with Gasteiger partial charge in [0.25, 0.3) is 0 Å². The maximum Gasteiger partial charge on any atom is 0.221 e. The van der Waals surface area contributed by atoms with E-state index in [9.17, 15) is 4.79 Å². The lowest BCUT2D eigenvalue weighted by molar-refractivity contribution is -0.119. The van der Waals surface area contributed by atoms with E-state index < -0.39 is 0 Å². The van der Waals surface area contributed by atoms with Gasteiger partial charge in [-0.1, -0.05) is 30.7 Å². The standard InChI is InChI=1S/C15H19NO/c1-11-15(10-14(17)16-11)9-5-4-7-12-6-2-3-8-13(12)15/h2-3,6,8,11H,4-5,7,9-10H2,1H3,(H,16,17). The summed E-state index contributed by atoms with van der Waals surface area (Å²) in [5.41, 5.74) is 2.93. The number of fused-ring (bicyclic) bond motifs is 2. The molecule has 0 bridgehead atoms. The molecule has 2 aliphatic rings. The molecule has 1 aromatic carbocycles. The Morgan fingerprint density at radius 2 is 2.12 bits per heavy atom. The normalized spacial score (nSPS) is 32.1. The Kier molecular flexibility index (Phi) is 2.46. The fourth-order valence-corrected chi connectivity index (χ4v) is 3.62. The molecule has 1 spiro atoms. The number of hydrogen-bond acceptors (Lipinski definition) is 1. The van der Waals surface area contributed by atoms with E-state index in [0.717, 1.165) is 6.42 Å². The van der Waals surface area contributed by atoms with Crippen molar-refractivity contribution in [2.75, 3.05) is 0 Å². The Hall–Kier alpha value is -1.31. The Morgan fingerprint density at radius 3 is 2.88 bits per heavy atom. The number of carbonyl (C=O) groups excluding carboxylic acids is 1. The summed E-state index contributed by atoms with van der Waals surface area (Å²) in [5, 5.41) is 3.11. The van der Waals surface area contributed by atoms with Crippen LogP contribution in [0.15, 0.2) is 24.3 Å². The summed E-state index contributed by atoms with van der Waals surface area (Å²) in [6, 6.07) is 8.97. The average Bonchev–Trinajstić information content (AvgIpc) is 2.50. The summed E-state index contributed by atoms with van der Waals surface area (Å²) in [6.45, 7) is 2.16.